The van der Waals surface area contributed by atoms with Gasteiger partial charge in [-0.25, -0.2) is 8.51 Å². The fraction of sp³-hybridized carbons (Fsp3) is 0.875. The molecule has 120 valence electrons. The molecule has 1 unspecified atom stereocenters. The van der Waals surface area contributed by atoms with Crippen LogP contribution in [-0.2, 0) is 11.0 Å². The third-order valence-electron chi connectivity index (χ3n) is 3.36. The zero-order valence-corrected chi connectivity index (χ0v) is 15.6. The molecule has 0 aromatic heterocycles. The first-order valence-corrected chi connectivity index (χ1v) is 8.47. The Labute approximate surface area is 129 Å². The van der Waals surface area contributed by atoms with Crippen molar-refractivity contribution in [2.45, 2.75) is 45.8 Å². The van der Waals surface area contributed by atoms with Gasteiger partial charge < -0.3 is 4.48 Å². The van der Waals surface area contributed by atoms with Crippen molar-refractivity contribution in [3.63, 3.8) is 0 Å². The summed E-state index contributed by atoms with van der Waals surface area (Å²) < 4.78 is 15.4. The molecule has 3 nitrogen and oxygen atoms in total. The van der Waals surface area contributed by atoms with E-state index in [-0.39, 0.29) is 10.2 Å². The second-order valence-corrected chi connectivity index (χ2v) is 10.5. The largest absolute Gasteiger partial charge is 0.324 e. The van der Waals surface area contributed by atoms with Crippen LogP contribution in [-0.4, -0.2) is 58.5 Å². The second-order valence-electron chi connectivity index (χ2n) is 8.23. The van der Waals surface area contributed by atoms with Crippen molar-refractivity contribution < 1.29 is 8.69 Å². The molecule has 4 heteroatoms. The van der Waals surface area contributed by atoms with Gasteiger partial charge in [0.2, 0.25) is 0 Å². The van der Waals surface area contributed by atoms with Crippen LogP contribution in [0.5, 0.6) is 0 Å². The lowest BCUT2D eigenvalue weighted by Crippen LogP contribution is -2.47. The maximum Gasteiger partial charge on any atom is 0.0999 e. The van der Waals surface area contributed by atoms with Gasteiger partial charge in [0.05, 0.1) is 49.5 Å². The van der Waals surface area contributed by atoms with E-state index in [4.69, 9.17) is 0 Å². The first kappa shape index (κ1) is 19.8. The number of rotatable bonds is 8. The van der Waals surface area contributed by atoms with Crippen LogP contribution in [0.2, 0.25) is 0 Å². The Morgan fingerprint density at radius 1 is 1.20 bits per heavy atom. The fourth-order valence-corrected chi connectivity index (χ4v) is 4.34. The monoisotopic (exact) mass is 303 g/mol. The molecule has 0 aromatic rings. The van der Waals surface area contributed by atoms with E-state index in [1.54, 1.807) is 0 Å². The first-order chi connectivity index (χ1) is 8.81. The van der Waals surface area contributed by atoms with E-state index in [0.29, 0.717) is 0 Å². The van der Waals surface area contributed by atoms with Crippen LogP contribution < -0.4 is 0 Å². The van der Waals surface area contributed by atoms with Crippen LogP contribution in [0.3, 0.4) is 0 Å². The molecule has 0 aliphatic rings. The Bertz CT molecular complexity index is 343. The number of likely N-dealkylation sites (N-methyl/N-ethyl adjacent to an activating group) is 2. The summed E-state index contributed by atoms with van der Waals surface area (Å²) in [6, 6.07) is 0. The molecule has 0 rings (SSSR count). The minimum atomic E-state index is -0.963. The minimum Gasteiger partial charge on any atom is -0.324 e. The average Bonchev–Trinajstić information content (AvgIpc) is 2.21. The molecule has 0 bridgehead atoms. The quantitative estimate of drug-likeness (QED) is 0.498. The third kappa shape index (κ3) is 7.55. The topological polar surface area (TPSA) is 20.3 Å². The smallest absolute Gasteiger partial charge is 0.0999 e. The van der Waals surface area contributed by atoms with Crippen molar-refractivity contribution in [2.75, 3.05) is 40.8 Å². The van der Waals surface area contributed by atoms with E-state index in [0.717, 1.165) is 30.5 Å². The Morgan fingerprint density at radius 3 is 2.10 bits per heavy atom. The van der Waals surface area contributed by atoms with Gasteiger partial charge >= 0.3 is 0 Å². The van der Waals surface area contributed by atoms with Gasteiger partial charge in [-0.3, -0.25) is 0 Å². The summed E-state index contributed by atoms with van der Waals surface area (Å²) in [5.41, 5.74) is 0.193. The molecule has 0 aromatic carbocycles. The lowest BCUT2D eigenvalue weighted by Gasteiger charge is -2.36. The zero-order valence-electron chi connectivity index (χ0n) is 14.8. The molecular weight excluding hydrogens is 268 g/mol. The molecule has 20 heavy (non-hydrogen) atoms. The summed E-state index contributed by atoms with van der Waals surface area (Å²) in [5, 5.41) is 0. The van der Waals surface area contributed by atoms with Crippen molar-refractivity contribution in [1.29, 1.82) is 0 Å². The highest BCUT2D eigenvalue weighted by Gasteiger charge is 2.34. The van der Waals surface area contributed by atoms with Crippen molar-refractivity contribution >= 4 is 11.0 Å². The van der Waals surface area contributed by atoms with Gasteiger partial charge in [0.1, 0.15) is 0 Å². The summed E-state index contributed by atoms with van der Waals surface area (Å²) in [7, 11) is 5.36. The first-order valence-electron chi connectivity index (χ1n) is 7.37. The summed E-state index contributed by atoms with van der Waals surface area (Å²) in [6.45, 7) is 17.4. The van der Waals surface area contributed by atoms with Crippen LogP contribution in [0.1, 0.15) is 41.0 Å². The second kappa shape index (κ2) is 7.19. The molecular formula is C16H35N2OS+. The SMILES string of the molecule is C=CC[N+](C)(C)CCN(C)S(=O)C(C)(C)CC(C)(C)C. The van der Waals surface area contributed by atoms with Crippen molar-refractivity contribution in [3.8, 4) is 0 Å². The van der Waals surface area contributed by atoms with E-state index < -0.39 is 11.0 Å². The molecule has 0 N–H and O–H groups in total. The van der Waals surface area contributed by atoms with E-state index >= 15 is 0 Å². The zero-order chi connectivity index (χ0) is 16.2. The lowest BCUT2D eigenvalue weighted by molar-refractivity contribution is -0.883. The molecule has 0 saturated carbocycles. The molecule has 0 saturated heterocycles. The summed E-state index contributed by atoms with van der Waals surface area (Å²) in [5.74, 6) is 0. The van der Waals surface area contributed by atoms with Gasteiger partial charge in [-0.15, -0.1) is 0 Å². The normalized spacial score (nSPS) is 15.4. The van der Waals surface area contributed by atoms with Gasteiger partial charge in [-0.1, -0.05) is 27.4 Å². The molecule has 0 aliphatic heterocycles. The summed E-state index contributed by atoms with van der Waals surface area (Å²) in [4.78, 5) is 0. The Balaban J connectivity index is 4.58. The minimum absolute atomic E-state index is 0.192. The van der Waals surface area contributed by atoms with Crippen molar-refractivity contribution in [3.05, 3.63) is 12.7 Å². The number of hydrogen-bond donors (Lipinski definition) is 0. The number of quaternary nitrogens is 1. The van der Waals surface area contributed by atoms with E-state index in [9.17, 15) is 4.21 Å². The van der Waals surface area contributed by atoms with Crippen molar-refractivity contribution in [1.82, 2.24) is 4.31 Å². The van der Waals surface area contributed by atoms with Crippen LogP contribution in [0, 0.1) is 5.41 Å². The summed E-state index contributed by atoms with van der Waals surface area (Å²) >= 11 is 0. The molecule has 0 radical (unpaired) electrons. The molecule has 0 aliphatic carbocycles. The van der Waals surface area contributed by atoms with Gasteiger partial charge in [0.15, 0.2) is 0 Å². The Kier molecular flexibility index (Phi) is 7.12. The van der Waals surface area contributed by atoms with Gasteiger partial charge in [0.25, 0.3) is 0 Å². The standard InChI is InChI=1S/C16H35N2OS/c1-10-12-18(8,9)13-11-17(7)20(19)16(5,6)14-15(2,3)4/h10H,1,11-14H2,2-9H3/q+1. The predicted octanol–water partition coefficient (Wildman–Crippen LogP) is 3.06. The Hall–Kier alpha value is -0.190. The third-order valence-corrected chi connectivity index (χ3v) is 5.19. The van der Waals surface area contributed by atoms with E-state index in [2.05, 4.69) is 55.3 Å². The molecule has 0 heterocycles. The maximum absolute atomic E-state index is 12.7. The van der Waals surface area contributed by atoms with E-state index in [1.165, 1.54) is 0 Å². The van der Waals surface area contributed by atoms with Crippen molar-refractivity contribution in [2.24, 2.45) is 5.41 Å². The van der Waals surface area contributed by atoms with E-state index in [1.807, 2.05) is 17.4 Å². The van der Waals surface area contributed by atoms with Crippen LogP contribution in [0.4, 0.5) is 0 Å². The van der Waals surface area contributed by atoms with Gasteiger partial charge in [-0.2, -0.15) is 0 Å². The van der Waals surface area contributed by atoms with Crippen LogP contribution >= 0.6 is 0 Å². The maximum atomic E-state index is 12.7. The predicted molar refractivity (Wildman–Crippen MR) is 91.0 cm³/mol. The molecule has 0 fully saturated rings. The Morgan fingerprint density at radius 2 is 1.70 bits per heavy atom. The average molecular weight is 304 g/mol. The van der Waals surface area contributed by atoms with Gasteiger partial charge in [0, 0.05) is 7.05 Å². The molecule has 0 amide bonds. The molecule has 1 atom stereocenters. The lowest BCUT2D eigenvalue weighted by atomic mass is 9.86. The van der Waals surface area contributed by atoms with Crippen LogP contribution in [0.15, 0.2) is 12.7 Å². The highest BCUT2D eigenvalue weighted by atomic mass is 32.2. The van der Waals surface area contributed by atoms with Crippen LogP contribution in [0.25, 0.3) is 0 Å². The highest BCUT2D eigenvalue weighted by Crippen LogP contribution is 2.31. The highest BCUT2D eigenvalue weighted by molar-refractivity contribution is 7.84. The molecule has 0 spiro atoms. The van der Waals surface area contributed by atoms with Gasteiger partial charge in [-0.05, 0) is 31.8 Å². The number of nitrogens with zero attached hydrogens (tertiary/aromatic N) is 2. The fourth-order valence-electron chi connectivity index (χ4n) is 2.70. The summed E-state index contributed by atoms with van der Waals surface area (Å²) in [6.07, 6.45) is 2.89. The number of hydrogen-bond acceptors (Lipinski definition) is 1.